The molecule has 2 amide bonds. The maximum atomic E-state index is 12.9. The van der Waals surface area contributed by atoms with Crippen LogP contribution in [0.3, 0.4) is 0 Å². The van der Waals surface area contributed by atoms with Gasteiger partial charge >= 0.3 is 0 Å². The standard InChI is InChI=1S/C23H28N2O5/c1-25-21(26)13-12-18(22(25)16-8-10-17(28-2)11-9-16)23(27)24-14-15-30-20-7-5-4-6-19(20)29-3/h4-11,18,22H,12-15H2,1-3H3,(H,24,27). The van der Waals surface area contributed by atoms with Crippen molar-refractivity contribution in [1.82, 2.24) is 10.2 Å². The molecule has 1 saturated heterocycles. The highest BCUT2D eigenvalue weighted by Gasteiger charge is 2.38. The van der Waals surface area contributed by atoms with Crippen molar-refractivity contribution in [3.63, 3.8) is 0 Å². The summed E-state index contributed by atoms with van der Waals surface area (Å²) in [4.78, 5) is 26.9. The number of ether oxygens (including phenoxy) is 3. The van der Waals surface area contributed by atoms with Crippen molar-refractivity contribution in [2.24, 2.45) is 5.92 Å². The topological polar surface area (TPSA) is 77.1 Å². The Morgan fingerprint density at radius 1 is 1.07 bits per heavy atom. The molecule has 1 aliphatic rings. The van der Waals surface area contributed by atoms with Crippen LogP contribution in [0.5, 0.6) is 17.2 Å². The van der Waals surface area contributed by atoms with Gasteiger partial charge in [-0.3, -0.25) is 9.59 Å². The van der Waals surface area contributed by atoms with Crippen molar-refractivity contribution in [3.05, 3.63) is 54.1 Å². The molecule has 0 saturated carbocycles. The first kappa shape index (κ1) is 21.5. The van der Waals surface area contributed by atoms with Crippen molar-refractivity contribution in [1.29, 1.82) is 0 Å². The average molecular weight is 412 g/mol. The lowest BCUT2D eigenvalue weighted by molar-refractivity contribution is -0.141. The number of methoxy groups -OCH3 is 2. The minimum atomic E-state index is -0.327. The third kappa shape index (κ3) is 4.84. The summed E-state index contributed by atoms with van der Waals surface area (Å²) in [5.41, 5.74) is 0.914. The van der Waals surface area contributed by atoms with Gasteiger partial charge < -0.3 is 24.4 Å². The lowest BCUT2D eigenvalue weighted by Crippen LogP contribution is -2.46. The average Bonchev–Trinajstić information content (AvgIpc) is 2.78. The SMILES string of the molecule is COc1ccc(C2C(C(=O)NCCOc3ccccc3OC)CCC(=O)N2C)cc1. The number of nitrogens with zero attached hydrogens (tertiary/aromatic N) is 1. The van der Waals surface area contributed by atoms with Crippen LogP contribution in [0.4, 0.5) is 0 Å². The van der Waals surface area contributed by atoms with Gasteiger partial charge in [0.05, 0.1) is 32.7 Å². The van der Waals surface area contributed by atoms with Crippen molar-refractivity contribution in [2.45, 2.75) is 18.9 Å². The zero-order valence-electron chi connectivity index (χ0n) is 17.6. The summed E-state index contributed by atoms with van der Waals surface area (Å²) in [7, 11) is 4.94. The van der Waals surface area contributed by atoms with E-state index < -0.39 is 0 Å². The van der Waals surface area contributed by atoms with Crippen LogP contribution in [-0.4, -0.2) is 51.1 Å². The number of rotatable bonds is 8. The molecule has 2 unspecified atom stereocenters. The van der Waals surface area contributed by atoms with Gasteiger partial charge in [-0.1, -0.05) is 24.3 Å². The molecule has 2 aromatic rings. The van der Waals surface area contributed by atoms with E-state index >= 15 is 0 Å². The van der Waals surface area contributed by atoms with Crippen LogP contribution in [0.15, 0.2) is 48.5 Å². The van der Waals surface area contributed by atoms with Gasteiger partial charge in [0.25, 0.3) is 0 Å². The Bertz CT molecular complexity index is 868. The van der Waals surface area contributed by atoms with Crippen molar-refractivity contribution in [2.75, 3.05) is 34.4 Å². The predicted octanol–water partition coefficient (Wildman–Crippen LogP) is 2.81. The Balaban J connectivity index is 1.62. The summed E-state index contributed by atoms with van der Waals surface area (Å²) >= 11 is 0. The second kappa shape index (κ2) is 10.0. The fraction of sp³-hybridized carbons (Fsp3) is 0.391. The first-order valence-corrected chi connectivity index (χ1v) is 9.98. The number of carbonyl (C=O) groups is 2. The quantitative estimate of drug-likeness (QED) is 0.675. The summed E-state index contributed by atoms with van der Waals surface area (Å²) in [5.74, 6) is 1.65. The monoisotopic (exact) mass is 412 g/mol. The van der Waals surface area contributed by atoms with Crippen LogP contribution >= 0.6 is 0 Å². The van der Waals surface area contributed by atoms with Crippen molar-refractivity contribution in [3.8, 4) is 17.2 Å². The van der Waals surface area contributed by atoms with E-state index in [0.717, 1.165) is 11.3 Å². The molecule has 30 heavy (non-hydrogen) atoms. The molecule has 1 heterocycles. The van der Waals surface area contributed by atoms with Crippen LogP contribution in [0, 0.1) is 5.92 Å². The molecule has 7 heteroatoms. The third-order valence-corrected chi connectivity index (χ3v) is 5.38. The Kier molecular flexibility index (Phi) is 7.17. The van der Waals surface area contributed by atoms with Crippen LogP contribution in [0.1, 0.15) is 24.4 Å². The van der Waals surface area contributed by atoms with Gasteiger partial charge in [-0.05, 0) is 36.2 Å². The summed E-state index contributed by atoms with van der Waals surface area (Å²) < 4.78 is 16.2. The van der Waals surface area contributed by atoms with Crippen LogP contribution in [0.25, 0.3) is 0 Å². The summed E-state index contributed by atoms with van der Waals surface area (Å²) in [6, 6.07) is 14.6. The normalized spacial score (nSPS) is 18.6. The molecule has 1 aliphatic heterocycles. The number of benzene rings is 2. The maximum Gasteiger partial charge on any atom is 0.225 e. The zero-order chi connectivity index (χ0) is 21.5. The molecule has 0 aromatic heterocycles. The Labute approximate surface area is 176 Å². The molecule has 2 aromatic carbocycles. The molecule has 3 rings (SSSR count). The number of amides is 2. The van der Waals surface area contributed by atoms with E-state index in [1.807, 2.05) is 48.5 Å². The second-order valence-electron chi connectivity index (χ2n) is 7.16. The molecule has 0 aliphatic carbocycles. The number of piperidine rings is 1. The zero-order valence-corrected chi connectivity index (χ0v) is 17.6. The van der Waals surface area contributed by atoms with Gasteiger partial charge in [0.2, 0.25) is 11.8 Å². The Morgan fingerprint density at radius 3 is 2.43 bits per heavy atom. The van der Waals surface area contributed by atoms with Gasteiger partial charge in [-0.2, -0.15) is 0 Å². The molecule has 160 valence electrons. The highest BCUT2D eigenvalue weighted by Crippen LogP contribution is 2.36. The number of carbonyl (C=O) groups excluding carboxylic acids is 2. The summed E-state index contributed by atoms with van der Waals surface area (Å²) in [5, 5.41) is 2.95. The van der Waals surface area contributed by atoms with Crippen LogP contribution in [0.2, 0.25) is 0 Å². The highest BCUT2D eigenvalue weighted by atomic mass is 16.5. The smallest absolute Gasteiger partial charge is 0.225 e. The number of hydrogen-bond acceptors (Lipinski definition) is 5. The van der Waals surface area contributed by atoms with E-state index in [-0.39, 0.29) is 23.8 Å². The fourth-order valence-electron chi connectivity index (χ4n) is 3.77. The van der Waals surface area contributed by atoms with Crippen LogP contribution in [-0.2, 0) is 9.59 Å². The lowest BCUT2D eigenvalue weighted by Gasteiger charge is -2.38. The molecule has 1 N–H and O–H groups in total. The Morgan fingerprint density at radius 2 is 1.77 bits per heavy atom. The molecule has 7 nitrogen and oxygen atoms in total. The first-order chi connectivity index (χ1) is 14.5. The van der Waals surface area contributed by atoms with E-state index in [9.17, 15) is 9.59 Å². The van der Waals surface area contributed by atoms with E-state index in [4.69, 9.17) is 14.2 Å². The Hall–Kier alpha value is -3.22. The lowest BCUT2D eigenvalue weighted by atomic mass is 9.84. The van der Waals surface area contributed by atoms with Gasteiger partial charge in [-0.25, -0.2) is 0 Å². The molecule has 0 spiro atoms. The maximum absolute atomic E-state index is 12.9. The molecule has 0 radical (unpaired) electrons. The van der Waals surface area contributed by atoms with Gasteiger partial charge in [-0.15, -0.1) is 0 Å². The number of nitrogens with one attached hydrogen (secondary N) is 1. The van der Waals surface area contributed by atoms with Gasteiger partial charge in [0.15, 0.2) is 11.5 Å². The van der Waals surface area contributed by atoms with E-state index in [1.165, 1.54) is 0 Å². The minimum Gasteiger partial charge on any atom is -0.497 e. The van der Waals surface area contributed by atoms with Crippen LogP contribution < -0.4 is 19.5 Å². The third-order valence-electron chi connectivity index (χ3n) is 5.38. The van der Waals surface area contributed by atoms with E-state index in [0.29, 0.717) is 37.5 Å². The molecule has 2 atom stereocenters. The second-order valence-corrected chi connectivity index (χ2v) is 7.16. The minimum absolute atomic E-state index is 0.0411. The van der Waals surface area contributed by atoms with E-state index in [2.05, 4.69) is 5.32 Å². The predicted molar refractivity (Wildman–Crippen MR) is 113 cm³/mol. The fourth-order valence-corrected chi connectivity index (χ4v) is 3.77. The first-order valence-electron chi connectivity index (χ1n) is 9.98. The molecular formula is C23H28N2O5. The number of hydrogen-bond donors (Lipinski definition) is 1. The molecule has 0 bridgehead atoms. The van der Waals surface area contributed by atoms with Gasteiger partial charge in [0, 0.05) is 13.5 Å². The van der Waals surface area contributed by atoms with E-state index in [1.54, 1.807) is 26.2 Å². The van der Waals surface area contributed by atoms with Crippen molar-refractivity contribution < 1.29 is 23.8 Å². The molecular weight excluding hydrogens is 384 g/mol. The summed E-state index contributed by atoms with van der Waals surface area (Å²) in [6.07, 6.45) is 0.873. The van der Waals surface area contributed by atoms with Crippen molar-refractivity contribution >= 4 is 11.8 Å². The highest BCUT2D eigenvalue weighted by molar-refractivity contribution is 5.84. The number of para-hydroxylation sites is 2. The molecule has 1 fully saturated rings. The summed E-state index contributed by atoms with van der Waals surface area (Å²) in [6.45, 7) is 0.682. The largest absolute Gasteiger partial charge is 0.497 e. The van der Waals surface area contributed by atoms with Gasteiger partial charge in [0.1, 0.15) is 12.4 Å². The number of likely N-dealkylation sites (tertiary alicyclic amines) is 1.